The van der Waals surface area contributed by atoms with Crippen LogP contribution < -0.4 is 5.32 Å². The van der Waals surface area contributed by atoms with Gasteiger partial charge in [0.25, 0.3) is 0 Å². The summed E-state index contributed by atoms with van der Waals surface area (Å²) in [5, 5.41) is 2.88. The largest absolute Gasteiger partial charge is 0.390 e. The van der Waals surface area contributed by atoms with Crippen LogP contribution in [0, 0.1) is 0 Å². The van der Waals surface area contributed by atoms with Crippen molar-refractivity contribution in [2.45, 2.75) is 58.2 Å². The van der Waals surface area contributed by atoms with Crippen LogP contribution >= 0.6 is 0 Å². The predicted molar refractivity (Wildman–Crippen MR) is 52.3 cm³/mol. The molecule has 1 N–H and O–H groups in total. The average molecular weight is 211 g/mol. The summed E-state index contributed by atoms with van der Waals surface area (Å²) < 4.78 is 35.3. The lowest BCUT2D eigenvalue weighted by atomic mass is 10.1. The van der Waals surface area contributed by atoms with Gasteiger partial charge in [0.1, 0.15) is 0 Å². The van der Waals surface area contributed by atoms with Gasteiger partial charge in [0.15, 0.2) is 0 Å². The molecule has 0 radical (unpaired) electrons. The quantitative estimate of drug-likeness (QED) is 0.635. The summed E-state index contributed by atoms with van der Waals surface area (Å²) in [6.07, 6.45) is -0.399. The van der Waals surface area contributed by atoms with Gasteiger partial charge in [-0.25, -0.2) is 0 Å². The molecule has 0 bridgehead atoms. The van der Waals surface area contributed by atoms with Crippen molar-refractivity contribution in [3.8, 4) is 0 Å². The third-order valence-corrected chi connectivity index (χ3v) is 2.14. The molecule has 0 saturated carbocycles. The minimum Gasteiger partial charge on any atom is -0.314 e. The van der Waals surface area contributed by atoms with E-state index in [0.29, 0.717) is 0 Å². The van der Waals surface area contributed by atoms with E-state index >= 15 is 0 Å². The van der Waals surface area contributed by atoms with Gasteiger partial charge in [0.2, 0.25) is 0 Å². The van der Waals surface area contributed by atoms with Crippen molar-refractivity contribution in [2.75, 3.05) is 6.54 Å². The second kappa shape index (κ2) is 7.10. The van der Waals surface area contributed by atoms with Gasteiger partial charge in [-0.2, -0.15) is 13.2 Å². The molecule has 0 aliphatic rings. The zero-order chi connectivity index (χ0) is 11.0. The van der Waals surface area contributed by atoms with Gasteiger partial charge in [-0.05, 0) is 13.3 Å². The Morgan fingerprint density at radius 3 is 2.36 bits per heavy atom. The van der Waals surface area contributed by atoms with E-state index < -0.39 is 12.6 Å². The molecular weight excluding hydrogens is 191 g/mol. The Balaban J connectivity index is 3.31. The molecule has 0 aliphatic carbocycles. The van der Waals surface area contributed by atoms with E-state index in [2.05, 4.69) is 12.2 Å². The molecule has 0 amide bonds. The van der Waals surface area contributed by atoms with Crippen molar-refractivity contribution in [3.05, 3.63) is 0 Å². The standard InChI is InChI=1S/C10H20F3N/c1-3-4-5-6-9(2)14-8-7-10(11,12)13/h9,14H,3-8H2,1-2H3. The van der Waals surface area contributed by atoms with Crippen LogP contribution in [0.25, 0.3) is 0 Å². The highest BCUT2D eigenvalue weighted by molar-refractivity contribution is 4.62. The highest BCUT2D eigenvalue weighted by atomic mass is 19.4. The van der Waals surface area contributed by atoms with Gasteiger partial charge in [-0.1, -0.05) is 26.2 Å². The molecule has 0 spiro atoms. The summed E-state index contributed by atoms with van der Waals surface area (Å²) in [5.74, 6) is 0. The maximum Gasteiger partial charge on any atom is 0.390 e. The van der Waals surface area contributed by atoms with Crippen molar-refractivity contribution in [1.29, 1.82) is 0 Å². The minimum absolute atomic E-state index is 0.0385. The van der Waals surface area contributed by atoms with Crippen LogP contribution in [0.1, 0.15) is 46.0 Å². The van der Waals surface area contributed by atoms with E-state index in [1.54, 1.807) is 0 Å². The van der Waals surface area contributed by atoms with E-state index in [-0.39, 0.29) is 12.6 Å². The van der Waals surface area contributed by atoms with Gasteiger partial charge in [0.05, 0.1) is 6.42 Å². The molecule has 0 aliphatic heterocycles. The number of alkyl halides is 3. The molecule has 1 unspecified atom stereocenters. The van der Waals surface area contributed by atoms with Crippen molar-refractivity contribution < 1.29 is 13.2 Å². The first-order valence-electron chi connectivity index (χ1n) is 5.26. The van der Waals surface area contributed by atoms with E-state index in [1.807, 2.05) is 6.92 Å². The van der Waals surface area contributed by atoms with Gasteiger partial charge in [0, 0.05) is 12.6 Å². The first-order valence-corrected chi connectivity index (χ1v) is 5.26. The Kier molecular flexibility index (Phi) is 6.97. The van der Waals surface area contributed by atoms with Crippen LogP contribution in [0.2, 0.25) is 0 Å². The SMILES string of the molecule is CCCCCC(C)NCCC(F)(F)F. The topological polar surface area (TPSA) is 12.0 Å². The van der Waals surface area contributed by atoms with E-state index in [1.165, 1.54) is 0 Å². The molecular formula is C10H20F3N. The molecule has 0 saturated heterocycles. The second-order valence-corrected chi connectivity index (χ2v) is 3.72. The number of halogens is 3. The Morgan fingerprint density at radius 1 is 1.21 bits per heavy atom. The maximum absolute atomic E-state index is 11.8. The molecule has 0 heterocycles. The van der Waals surface area contributed by atoms with E-state index in [4.69, 9.17) is 0 Å². The summed E-state index contributed by atoms with van der Waals surface area (Å²) in [6.45, 7) is 4.09. The van der Waals surface area contributed by atoms with Crippen LogP contribution in [-0.4, -0.2) is 18.8 Å². The van der Waals surface area contributed by atoms with Crippen LogP contribution in [0.15, 0.2) is 0 Å². The van der Waals surface area contributed by atoms with Crippen LogP contribution in [-0.2, 0) is 0 Å². The second-order valence-electron chi connectivity index (χ2n) is 3.72. The van der Waals surface area contributed by atoms with Crippen molar-refractivity contribution in [2.24, 2.45) is 0 Å². The first-order chi connectivity index (χ1) is 6.45. The normalized spacial score (nSPS) is 14.4. The van der Waals surface area contributed by atoms with Gasteiger partial charge in [-0.15, -0.1) is 0 Å². The molecule has 0 aromatic heterocycles. The molecule has 14 heavy (non-hydrogen) atoms. The van der Waals surface area contributed by atoms with E-state index in [9.17, 15) is 13.2 Å². The third-order valence-electron chi connectivity index (χ3n) is 2.14. The number of hydrogen-bond acceptors (Lipinski definition) is 1. The van der Waals surface area contributed by atoms with Gasteiger partial charge < -0.3 is 5.32 Å². The zero-order valence-electron chi connectivity index (χ0n) is 8.95. The minimum atomic E-state index is -4.03. The van der Waals surface area contributed by atoms with Crippen LogP contribution in [0.5, 0.6) is 0 Å². The summed E-state index contributed by atoms with van der Waals surface area (Å²) in [6, 6.07) is 0.198. The molecule has 1 nitrogen and oxygen atoms in total. The van der Waals surface area contributed by atoms with Crippen molar-refractivity contribution in [1.82, 2.24) is 5.32 Å². The fourth-order valence-electron chi connectivity index (χ4n) is 1.26. The molecule has 0 fully saturated rings. The van der Waals surface area contributed by atoms with Gasteiger partial charge in [-0.3, -0.25) is 0 Å². The fourth-order valence-corrected chi connectivity index (χ4v) is 1.26. The Labute approximate surface area is 84.1 Å². The Hall–Kier alpha value is -0.250. The average Bonchev–Trinajstić information content (AvgIpc) is 2.02. The zero-order valence-corrected chi connectivity index (χ0v) is 8.95. The summed E-state index contributed by atoms with van der Waals surface area (Å²) in [5.41, 5.74) is 0. The Bertz CT molecular complexity index is 134. The molecule has 0 aromatic rings. The van der Waals surface area contributed by atoms with Crippen molar-refractivity contribution >= 4 is 0 Å². The first kappa shape index (κ1) is 13.8. The molecule has 0 aromatic carbocycles. The Morgan fingerprint density at radius 2 is 1.86 bits per heavy atom. The fraction of sp³-hybridized carbons (Fsp3) is 1.00. The third kappa shape index (κ3) is 9.84. The lowest BCUT2D eigenvalue weighted by Gasteiger charge is -2.14. The van der Waals surface area contributed by atoms with Gasteiger partial charge >= 0.3 is 6.18 Å². The number of rotatable bonds is 7. The lowest BCUT2D eigenvalue weighted by Crippen LogP contribution is -2.29. The predicted octanol–water partition coefficient (Wildman–Crippen LogP) is 3.50. The maximum atomic E-state index is 11.8. The lowest BCUT2D eigenvalue weighted by molar-refractivity contribution is -0.133. The summed E-state index contributed by atoms with van der Waals surface area (Å²) in [4.78, 5) is 0. The monoisotopic (exact) mass is 211 g/mol. The highest BCUT2D eigenvalue weighted by Gasteiger charge is 2.26. The molecule has 0 rings (SSSR count). The van der Waals surface area contributed by atoms with E-state index in [0.717, 1.165) is 25.7 Å². The molecule has 1 atom stereocenters. The summed E-state index contributed by atoms with van der Waals surface area (Å²) in [7, 11) is 0. The molecule has 86 valence electrons. The van der Waals surface area contributed by atoms with Crippen LogP contribution in [0.4, 0.5) is 13.2 Å². The smallest absolute Gasteiger partial charge is 0.314 e. The number of unbranched alkanes of at least 4 members (excludes halogenated alkanes) is 2. The highest BCUT2D eigenvalue weighted by Crippen LogP contribution is 2.18. The number of nitrogens with one attached hydrogen (secondary N) is 1. The van der Waals surface area contributed by atoms with Crippen LogP contribution in [0.3, 0.4) is 0 Å². The summed E-state index contributed by atoms with van der Waals surface area (Å²) >= 11 is 0. The molecule has 4 heteroatoms. The number of hydrogen-bond donors (Lipinski definition) is 1. The van der Waals surface area contributed by atoms with Crippen molar-refractivity contribution in [3.63, 3.8) is 0 Å².